The second-order valence-corrected chi connectivity index (χ2v) is 6.43. The van der Waals surface area contributed by atoms with Crippen molar-refractivity contribution in [3.05, 3.63) is 54.5 Å². The summed E-state index contributed by atoms with van der Waals surface area (Å²) in [6.45, 7) is 1.97. The second kappa shape index (κ2) is 7.83. The molecule has 0 saturated carbocycles. The van der Waals surface area contributed by atoms with Crippen molar-refractivity contribution in [2.75, 3.05) is 25.1 Å². The molecule has 0 aliphatic rings. The molecular formula is C20H20N6O2. The third kappa shape index (κ3) is 4.12. The number of nitrogen functional groups attached to an aromatic ring is 1. The number of hydrogen-bond donors (Lipinski definition) is 2. The van der Waals surface area contributed by atoms with Gasteiger partial charge in [0.1, 0.15) is 11.6 Å². The van der Waals surface area contributed by atoms with Gasteiger partial charge in [-0.1, -0.05) is 0 Å². The van der Waals surface area contributed by atoms with E-state index in [1.54, 1.807) is 38.8 Å². The summed E-state index contributed by atoms with van der Waals surface area (Å²) < 4.78 is 0. The Morgan fingerprint density at radius 2 is 1.96 bits per heavy atom. The van der Waals surface area contributed by atoms with E-state index in [0.717, 1.165) is 16.5 Å². The summed E-state index contributed by atoms with van der Waals surface area (Å²) in [6, 6.07) is 5.48. The Hall–Kier alpha value is -3.81. The third-order valence-electron chi connectivity index (χ3n) is 4.13. The van der Waals surface area contributed by atoms with Crippen LogP contribution in [0.3, 0.4) is 0 Å². The van der Waals surface area contributed by atoms with E-state index in [4.69, 9.17) is 5.73 Å². The molecule has 0 fully saturated rings. The highest BCUT2D eigenvalue weighted by atomic mass is 16.2. The molecule has 142 valence electrons. The molecule has 3 N–H and O–H groups in total. The van der Waals surface area contributed by atoms with Crippen LogP contribution in [0.15, 0.2) is 48.9 Å². The van der Waals surface area contributed by atoms with Gasteiger partial charge in [-0.25, -0.2) is 9.97 Å². The van der Waals surface area contributed by atoms with Gasteiger partial charge in [0, 0.05) is 55.8 Å². The first-order valence-corrected chi connectivity index (χ1v) is 8.53. The minimum Gasteiger partial charge on any atom is -0.383 e. The van der Waals surface area contributed by atoms with E-state index in [1.807, 2.05) is 19.1 Å². The molecule has 8 heteroatoms. The monoisotopic (exact) mass is 376 g/mol. The minimum atomic E-state index is -0.451. The van der Waals surface area contributed by atoms with Crippen LogP contribution in [0.5, 0.6) is 0 Å². The Balaban J connectivity index is 1.91. The van der Waals surface area contributed by atoms with Crippen molar-refractivity contribution >= 4 is 34.2 Å². The van der Waals surface area contributed by atoms with Crippen LogP contribution in [0.25, 0.3) is 22.0 Å². The van der Waals surface area contributed by atoms with Crippen molar-refractivity contribution in [2.45, 2.75) is 6.92 Å². The summed E-state index contributed by atoms with van der Waals surface area (Å²) in [7, 11) is 3.21. The number of anilines is 2. The number of amides is 2. The number of hydrogen-bond acceptors (Lipinski definition) is 6. The number of pyridine rings is 3. The van der Waals surface area contributed by atoms with Crippen LogP contribution < -0.4 is 11.1 Å². The molecule has 2 amide bonds. The largest absolute Gasteiger partial charge is 0.383 e. The van der Waals surface area contributed by atoms with Gasteiger partial charge < -0.3 is 16.0 Å². The summed E-state index contributed by atoms with van der Waals surface area (Å²) in [5.41, 5.74) is 8.69. The Labute approximate surface area is 162 Å². The van der Waals surface area contributed by atoms with Crippen molar-refractivity contribution < 1.29 is 9.59 Å². The highest BCUT2D eigenvalue weighted by Crippen LogP contribution is 2.28. The van der Waals surface area contributed by atoms with Gasteiger partial charge in [0.25, 0.3) is 0 Å². The average Bonchev–Trinajstić information content (AvgIpc) is 2.66. The predicted molar refractivity (Wildman–Crippen MR) is 108 cm³/mol. The van der Waals surface area contributed by atoms with E-state index in [1.165, 1.54) is 17.1 Å². The van der Waals surface area contributed by atoms with E-state index in [0.29, 0.717) is 22.7 Å². The van der Waals surface area contributed by atoms with E-state index in [9.17, 15) is 9.59 Å². The van der Waals surface area contributed by atoms with Crippen LogP contribution in [0.1, 0.15) is 5.56 Å². The fourth-order valence-corrected chi connectivity index (χ4v) is 2.58. The summed E-state index contributed by atoms with van der Waals surface area (Å²) in [6.07, 6.45) is 7.37. The van der Waals surface area contributed by atoms with Crippen LogP contribution in [0.2, 0.25) is 0 Å². The lowest BCUT2D eigenvalue weighted by atomic mass is 10.1. The molecule has 3 rings (SSSR count). The molecule has 0 spiro atoms. The topological polar surface area (TPSA) is 114 Å². The Morgan fingerprint density at radius 3 is 2.68 bits per heavy atom. The van der Waals surface area contributed by atoms with Gasteiger partial charge in [-0.3, -0.25) is 14.6 Å². The minimum absolute atomic E-state index is 0.281. The molecule has 3 aromatic heterocycles. The van der Waals surface area contributed by atoms with Gasteiger partial charge in [-0.2, -0.15) is 0 Å². The van der Waals surface area contributed by atoms with E-state index in [2.05, 4.69) is 20.3 Å². The second-order valence-electron chi connectivity index (χ2n) is 6.43. The molecule has 0 unspecified atom stereocenters. The lowest BCUT2D eigenvalue weighted by molar-refractivity contribution is -0.124. The number of nitrogens with two attached hydrogens (primary N) is 1. The molecule has 28 heavy (non-hydrogen) atoms. The van der Waals surface area contributed by atoms with Crippen molar-refractivity contribution in [3.8, 4) is 11.3 Å². The highest BCUT2D eigenvalue weighted by Gasteiger charge is 2.10. The van der Waals surface area contributed by atoms with Crippen LogP contribution in [0, 0.1) is 6.92 Å². The molecule has 8 nitrogen and oxygen atoms in total. The predicted octanol–water partition coefficient (Wildman–Crippen LogP) is 2.17. The quantitative estimate of drug-likeness (QED) is 0.675. The Bertz CT molecular complexity index is 1090. The summed E-state index contributed by atoms with van der Waals surface area (Å²) in [5, 5.41) is 4.10. The number of carbonyl (C=O) groups is 2. The van der Waals surface area contributed by atoms with Crippen LogP contribution in [0.4, 0.5) is 11.6 Å². The smallest absolute Gasteiger partial charge is 0.249 e. The molecule has 0 saturated heterocycles. The summed E-state index contributed by atoms with van der Waals surface area (Å²) in [4.78, 5) is 37.7. The number of carbonyl (C=O) groups excluding carboxylic acids is 2. The maximum Gasteiger partial charge on any atom is 0.249 e. The number of aromatic nitrogens is 3. The average molecular weight is 376 g/mol. The first kappa shape index (κ1) is 19.0. The zero-order valence-corrected chi connectivity index (χ0v) is 15.8. The molecule has 0 atom stereocenters. The SMILES string of the molecule is Cc1ccncc1-c1cc2cc(NC(=O)/C=C/C(=O)N(C)C)ncc2c(N)n1. The van der Waals surface area contributed by atoms with Crippen molar-refractivity contribution in [1.29, 1.82) is 0 Å². The maximum atomic E-state index is 12.0. The van der Waals surface area contributed by atoms with Gasteiger partial charge >= 0.3 is 0 Å². The lowest BCUT2D eigenvalue weighted by Gasteiger charge is -2.09. The van der Waals surface area contributed by atoms with Gasteiger partial charge in [0.2, 0.25) is 11.8 Å². The lowest BCUT2D eigenvalue weighted by Crippen LogP contribution is -2.19. The highest BCUT2D eigenvalue weighted by molar-refractivity contribution is 6.04. The molecule has 0 bridgehead atoms. The van der Waals surface area contributed by atoms with Gasteiger partial charge in [0.15, 0.2) is 0 Å². The molecule has 3 heterocycles. The standard InChI is InChI=1S/C20H20N6O2/c1-12-6-7-22-10-14(12)16-8-13-9-17(23-11-15(13)20(21)24-16)25-18(27)4-5-19(28)26(2)3/h4-11H,1-3H3,(H2,21,24)(H,23,25,27)/b5-4+. The zero-order chi connectivity index (χ0) is 20.3. The third-order valence-corrected chi connectivity index (χ3v) is 4.13. The molecule has 0 aliphatic heterocycles. The van der Waals surface area contributed by atoms with Gasteiger partial charge in [0.05, 0.1) is 5.69 Å². The maximum absolute atomic E-state index is 12.0. The summed E-state index contributed by atoms with van der Waals surface area (Å²) in [5.74, 6) is -0.0409. The first-order chi connectivity index (χ1) is 13.3. The van der Waals surface area contributed by atoms with Crippen molar-refractivity contribution in [2.24, 2.45) is 0 Å². The Kier molecular flexibility index (Phi) is 5.30. The molecular weight excluding hydrogens is 356 g/mol. The number of rotatable bonds is 4. The number of likely N-dealkylation sites (N-methyl/N-ethyl adjacent to an activating group) is 1. The molecule has 0 aromatic carbocycles. The number of aryl methyl sites for hydroxylation is 1. The van der Waals surface area contributed by atoms with E-state index in [-0.39, 0.29) is 5.91 Å². The van der Waals surface area contributed by atoms with E-state index >= 15 is 0 Å². The normalized spacial score (nSPS) is 11.0. The van der Waals surface area contributed by atoms with Gasteiger partial charge in [-0.05, 0) is 36.1 Å². The van der Waals surface area contributed by atoms with Crippen LogP contribution in [-0.2, 0) is 9.59 Å². The Morgan fingerprint density at radius 1 is 1.18 bits per heavy atom. The fourth-order valence-electron chi connectivity index (χ4n) is 2.58. The van der Waals surface area contributed by atoms with Crippen LogP contribution >= 0.6 is 0 Å². The zero-order valence-electron chi connectivity index (χ0n) is 15.8. The van der Waals surface area contributed by atoms with E-state index < -0.39 is 5.91 Å². The summed E-state index contributed by atoms with van der Waals surface area (Å²) >= 11 is 0. The van der Waals surface area contributed by atoms with Crippen molar-refractivity contribution in [1.82, 2.24) is 19.9 Å². The fraction of sp³-hybridized carbons (Fsp3) is 0.150. The number of fused-ring (bicyclic) bond motifs is 1. The molecule has 0 radical (unpaired) electrons. The first-order valence-electron chi connectivity index (χ1n) is 8.53. The number of nitrogens with one attached hydrogen (secondary N) is 1. The van der Waals surface area contributed by atoms with Crippen LogP contribution in [-0.4, -0.2) is 45.8 Å². The molecule has 0 aliphatic carbocycles. The van der Waals surface area contributed by atoms with Gasteiger partial charge in [-0.15, -0.1) is 0 Å². The number of nitrogens with zero attached hydrogens (tertiary/aromatic N) is 4. The molecule has 3 aromatic rings. The van der Waals surface area contributed by atoms with Crippen molar-refractivity contribution in [3.63, 3.8) is 0 Å².